The summed E-state index contributed by atoms with van der Waals surface area (Å²) in [6, 6.07) is 14.4. The second-order valence-electron chi connectivity index (χ2n) is 10.8. The lowest BCUT2D eigenvalue weighted by Crippen LogP contribution is -2.47. The molecule has 9 heteroatoms. The van der Waals surface area contributed by atoms with Crippen LogP contribution in [-0.4, -0.2) is 84.9 Å². The summed E-state index contributed by atoms with van der Waals surface area (Å²) < 4.78 is 12.0. The molecule has 2 aliphatic rings. The van der Waals surface area contributed by atoms with Gasteiger partial charge in [-0.05, 0) is 43.6 Å². The Kier molecular flexibility index (Phi) is 7.90. The SMILES string of the molecule is COc1cc2ncnc(N3CCN(c4ncc(Cc5ccccc5)cn4)CC3)c2cc1OC[C@@H]1CCCN(C)C1. The van der Waals surface area contributed by atoms with E-state index in [0.717, 1.165) is 79.7 Å². The Morgan fingerprint density at radius 2 is 1.62 bits per heavy atom. The van der Waals surface area contributed by atoms with E-state index in [9.17, 15) is 0 Å². The minimum Gasteiger partial charge on any atom is -0.493 e. The highest BCUT2D eigenvalue weighted by Crippen LogP contribution is 2.36. The third-order valence-corrected chi connectivity index (χ3v) is 7.90. The molecule has 6 rings (SSSR count). The molecule has 40 heavy (non-hydrogen) atoms. The number of benzene rings is 2. The molecule has 2 aliphatic heterocycles. The van der Waals surface area contributed by atoms with Gasteiger partial charge in [0.1, 0.15) is 12.1 Å². The van der Waals surface area contributed by atoms with Crippen molar-refractivity contribution in [3.63, 3.8) is 0 Å². The molecule has 4 heterocycles. The van der Waals surface area contributed by atoms with Crippen molar-refractivity contribution in [2.45, 2.75) is 19.3 Å². The van der Waals surface area contributed by atoms with E-state index in [2.05, 4.69) is 67.0 Å². The summed E-state index contributed by atoms with van der Waals surface area (Å²) in [5.74, 6) is 3.68. The summed E-state index contributed by atoms with van der Waals surface area (Å²) in [6.07, 6.45) is 8.77. The number of hydrogen-bond acceptors (Lipinski definition) is 9. The van der Waals surface area contributed by atoms with Gasteiger partial charge in [0.15, 0.2) is 11.5 Å². The van der Waals surface area contributed by atoms with Gasteiger partial charge in [-0.25, -0.2) is 19.9 Å². The van der Waals surface area contributed by atoms with Crippen LogP contribution in [0.5, 0.6) is 11.5 Å². The Labute approximate surface area is 235 Å². The molecule has 0 bridgehead atoms. The van der Waals surface area contributed by atoms with Crippen LogP contribution in [-0.2, 0) is 6.42 Å². The van der Waals surface area contributed by atoms with Gasteiger partial charge in [0.25, 0.3) is 0 Å². The van der Waals surface area contributed by atoms with Crippen LogP contribution >= 0.6 is 0 Å². The molecule has 0 radical (unpaired) electrons. The summed E-state index contributed by atoms with van der Waals surface area (Å²) >= 11 is 0. The number of rotatable bonds is 8. The first-order valence-electron chi connectivity index (χ1n) is 14.1. The second-order valence-corrected chi connectivity index (χ2v) is 10.8. The van der Waals surface area contributed by atoms with Crippen LogP contribution in [0.1, 0.15) is 24.0 Å². The molecule has 0 aliphatic carbocycles. The minimum atomic E-state index is 0.522. The van der Waals surface area contributed by atoms with E-state index in [4.69, 9.17) is 14.5 Å². The molecule has 2 fully saturated rings. The zero-order valence-electron chi connectivity index (χ0n) is 23.4. The average molecular weight is 540 g/mol. The predicted octanol–water partition coefficient (Wildman–Crippen LogP) is 4.07. The molecule has 0 unspecified atom stereocenters. The van der Waals surface area contributed by atoms with Crippen LogP contribution in [0.4, 0.5) is 11.8 Å². The number of hydrogen-bond donors (Lipinski definition) is 0. The number of aromatic nitrogens is 4. The molecule has 0 saturated carbocycles. The predicted molar refractivity (Wildman–Crippen MR) is 158 cm³/mol. The van der Waals surface area contributed by atoms with Gasteiger partial charge < -0.3 is 24.2 Å². The van der Waals surface area contributed by atoms with Gasteiger partial charge in [-0.3, -0.25) is 0 Å². The van der Waals surface area contributed by atoms with Crippen LogP contribution in [0.3, 0.4) is 0 Å². The topological polar surface area (TPSA) is 79.7 Å². The Hall–Kier alpha value is -3.98. The van der Waals surface area contributed by atoms with Crippen molar-refractivity contribution in [3.8, 4) is 11.5 Å². The Balaban J connectivity index is 1.13. The number of anilines is 2. The lowest BCUT2D eigenvalue weighted by molar-refractivity contribution is 0.148. The Morgan fingerprint density at radius 1 is 0.850 bits per heavy atom. The number of methoxy groups -OCH3 is 1. The maximum Gasteiger partial charge on any atom is 0.225 e. The van der Waals surface area contributed by atoms with E-state index in [-0.39, 0.29) is 0 Å². The first-order valence-corrected chi connectivity index (χ1v) is 14.1. The minimum absolute atomic E-state index is 0.522. The molecule has 2 aromatic carbocycles. The van der Waals surface area contributed by atoms with Crippen molar-refractivity contribution in [1.82, 2.24) is 24.8 Å². The van der Waals surface area contributed by atoms with Crippen molar-refractivity contribution in [2.75, 3.05) is 69.8 Å². The lowest BCUT2D eigenvalue weighted by Gasteiger charge is -2.35. The molecule has 208 valence electrons. The normalized spacial score (nSPS) is 18.2. The first kappa shape index (κ1) is 26.3. The molecule has 2 aromatic heterocycles. The van der Waals surface area contributed by atoms with Gasteiger partial charge in [0.05, 0.1) is 19.2 Å². The quantitative estimate of drug-likeness (QED) is 0.329. The highest BCUT2D eigenvalue weighted by molar-refractivity contribution is 5.92. The summed E-state index contributed by atoms with van der Waals surface area (Å²) in [7, 11) is 3.86. The number of likely N-dealkylation sites (tertiary alicyclic amines) is 1. The van der Waals surface area contributed by atoms with E-state index in [0.29, 0.717) is 18.3 Å². The van der Waals surface area contributed by atoms with Gasteiger partial charge in [0.2, 0.25) is 5.95 Å². The summed E-state index contributed by atoms with van der Waals surface area (Å²) in [5.41, 5.74) is 3.23. The molecule has 0 spiro atoms. The molecule has 1 atom stereocenters. The average Bonchev–Trinajstić information content (AvgIpc) is 3.00. The van der Waals surface area contributed by atoms with E-state index in [1.165, 1.54) is 18.4 Å². The first-order chi connectivity index (χ1) is 19.7. The lowest BCUT2D eigenvalue weighted by atomic mass is 9.99. The number of piperidine rings is 1. The van der Waals surface area contributed by atoms with Gasteiger partial charge in [-0.1, -0.05) is 30.3 Å². The van der Waals surface area contributed by atoms with Gasteiger partial charge in [-0.15, -0.1) is 0 Å². The standard InChI is InChI=1S/C31H37N7O2/c1-36-10-6-9-24(20-36)21-40-29-16-26-27(17-28(29)39-2)34-22-35-30(26)37-11-13-38(14-12-37)31-32-18-25(19-33-31)15-23-7-4-3-5-8-23/h3-5,7-8,16-19,22,24H,6,9-15,20-21H2,1-2H3/t24-/m1/s1. The molecular weight excluding hydrogens is 502 g/mol. The third kappa shape index (κ3) is 5.94. The highest BCUT2D eigenvalue weighted by Gasteiger charge is 2.23. The van der Waals surface area contributed by atoms with Gasteiger partial charge in [0, 0.05) is 68.9 Å². The van der Waals surface area contributed by atoms with Crippen LogP contribution in [0.2, 0.25) is 0 Å². The monoisotopic (exact) mass is 539 g/mol. The van der Waals surface area contributed by atoms with Crippen LogP contribution in [0.25, 0.3) is 10.9 Å². The fraction of sp³-hybridized carbons (Fsp3) is 0.419. The summed E-state index contributed by atoms with van der Waals surface area (Å²) in [4.78, 5) is 25.5. The van der Waals surface area contributed by atoms with E-state index >= 15 is 0 Å². The fourth-order valence-corrected chi connectivity index (χ4v) is 5.74. The van der Waals surface area contributed by atoms with Gasteiger partial charge in [-0.2, -0.15) is 0 Å². The number of ether oxygens (including phenoxy) is 2. The molecule has 0 amide bonds. The smallest absolute Gasteiger partial charge is 0.225 e. The zero-order valence-corrected chi connectivity index (χ0v) is 23.4. The summed E-state index contributed by atoms with van der Waals surface area (Å²) in [6.45, 7) is 6.17. The van der Waals surface area contributed by atoms with Crippen molar-refractivity contribution < 1.29 is 9.47 Å². The van der Waals surface area contributed by atoms with Crippen molar-refractivity contribution in [1.29, 1.82) is 0 Å². The second kappa shape index (κ2) is 12.0. The molecular formula is C31H37N7O2. The van der Waals surface area contributed by atoms with Crippen LogP contribution in [0, 0.1) is 5.92 Å². The maximum absolute atomic E-state index is 6.34. The number of fused-ring (bicyclic) bond motifs is 1. The molecule has 4 aromatic rings. The highest BCUT2D eigenvalue weighted by atomic mass is 16.5. The molecule has 2 saturated heterocycles. The maximum atomic E-state index is 6.34. The van der Waals surface area contributed by atoms with Crippen LogP contribution < -0.4 is 19.3 Å². The van der Waals surface area contributed by atoms with Crippen molar-refractivity contribution in [3.05, 3.63) is 72.3 Å². The largest absolute Gasteiger partial charge is 0.493 e. The number of nitrogens with zero attached hydrogens (tertiary/aromatic N) is 7. The van der Waals surface area contributed by atoms with E-state index in [1.54, 1.807) is 13.4 Å². The van der Waals surface area contributed by atoms with Crippen molar-refractivity contribution >= 4 is 22.7 Å². The number of piperazine rings is 1. The van der Waals surface area contributed by atoms with E-state index in [1.807, 2.05) is 24.5 Å². The Bertz CT molecular complexity index is 1410. The Morgan fingerprint density at radius 3 is 2.38 bits per heavy atom. The van der Waals surface area contributed by atoms with Crippen LogP contribution in [0.15, 0.2) is 61.2 Å². The van der Waals surface area contributed by atoms with Gasteiger partial charge >= 0.3 is 0 Å². The zero-order chi connectivity index (χ0) is 27.3. The summed E-state index contributed by atoms with van der Waals surface area (Å²) in [5, 5.41) is 0.981. The fourth-order valence-electron chi connectivity index (χ4n) is 5.74. The van der Waals surface area contributed by atoms with E-state index < -0.39 is 0 Å². The third-order valence-electron chi connectivity index (χ3n) is 7.90. The van der Waals surface area contributed by atoms with Crippen molar-refractivity contribution in [2.24, 2.45) is 5.92 Å². The molecule has 9 nitrogen and oxygen atoms in total. The molecule has 0 N–H and O–H groups in total.